The molecule has 1 heterocycles. The van der Waals surface area contributed by atoms with E-state index in [1.807, 2.05) is 0 Å². The minimum absolute atomic E-state index is 0.0238. The van der Waals surface area contributed by atoms with Gasteiger partial charge in [0.15, 0.2) is 5.75 Å². The number of aromatic nitrogens is 2. The van der Waals surface area contributed by atoms with Crippen molar-refractivity contribution in [3.63, 3.8) is 0 Å². The van der Waals surface area contributed by atoms with Crippen LogP contribution in [0.1, 0.15) is 11.1 Å². The lowest BCUT2D eigenvalue weighted by molar-refractivity contribution is -0.143. The molecular formula is C11H6F6N2O. The standard InChI is InChI=1S/C11H6F6N2O/c12-10(13,14)7-4-8(11(15,16)17)6-9(5-7)20-19-3-1-2-18-19/h1-6H. The van der Waals surface area contributed by atoms with Crippen LogP contribution in [0.5, 0.6) is 5.75 Å². The molecule has 0 spiro atoms. The Labute approximate surface area is 108 Å². The van der Waals surface area contributed by atoms with Gasteiger partial charge in [-0.15, -0.1) is 9.94 Å². The topological polar surface area (TPSA) is 27.1 Å². The van der Waals surface area contributed by atoms with E-state index in [1.165, 1.54) is 18.5 Å². The van der Waals surface area contributed by atoms with Crippen molar-refractivity contribution in [2.24, 2.45) is 0 Å². The molecule has 0 aliphatic heterocycles. The maximum absolute atomic E-state index is 12.6. The summed E-state index contributed by atoms with van der Waals surface area (Å²) >= 11 is 0. The van der Waals surface area contributed by atoms with E-state index in [1.54, 1.807) is 0 Å². The fourth-order valence-electron chi connectivity index (χ4n) is 1.40. The normalized spacial score (nSPS) is 12.5. The zero-order valence-electron chi connectivity index (χ0n) is 9.53. The fraction of sp³-hybridized carbons (Fsp3) is 0.182. The van der Waals surface area contributed by atoms with Gasteiger partial charge in [0.05, 0.1) is 23.5 Å². The van der Waals surface area contributed by atoms with Crippen LogP contribution in [0.4, 0.5) is 26.3 Å². The highest BCUT2D eigenvalue weighted by atomic mass is 19.4. The van der Waals surface area contributed by atoms with Crippen molar-refractivity contribution in [2.75, 3.05) is 0 Å². The molecule has 0 saturated heterocycles. The Balaban J connectivity index is 2.46. The monoisotopic (exact) mass is 296 g/mol. The third-order valence-corrected chi connectivity index (χ3v) is 2.24. The summed E-state index contributed by atoms with van der Waals surface area (Å²) in [5.41, 5.74) is -2.90. The summed E-state index contributed by atoms with van der Waals surface area (Å²) in [5, 5.41) is 3.53. The Hall–Kier alpha value is -2.19. The molecule has 0 saturated carbocycles. The molecule has 0 amide bonds. The molecule has 9 heteroatoms. The predicted molar refractivity (Wildman–Crippen MR) is 54.7 cm³/mol. The highest BCUT2D eigenvalue weighted by Gasteiger charge is 2.37. The molecule has 1 aromatic carbocycles. The first-order valence-electron chi connectivity index (χ1n) is 5.14. The first-order valence-corrected chi connectivity index (χ1v) is 5.14. The molecule has 20 heavy (non-hydrogen) atoms. The third-order valence-electron chi connectivity index (χ3n) is 2.24. The van der Waals surface area contributed by atoms with Crippen LogP contribution in [0.3, 0.4) is 0 Å². The smallest absolute Gasteiger partial charge is 0.358 e. The first-order chi connectivity index (χ1) is 9.16. The lowest BCUT2D eigenvalue weighted by Crippen LogP contribution is -2.13. The second kappa shape index (κ2) is 4.73. The Morgan fingerprint density at radius 2 is 1.45 bits per heavy atom. The largest absolute Gasteiger partial charge is 0.416 e. The van der Waals surface area contributed by atoms with Crippen LogP contribution in [0.2, 0.25) is 0 Å². The zero-order valence-corrected chi connectivity index (χ0v) is 9.53. The number of halogens is 6. The number of rotatable bonds is 2. The first kappa shape index (κ1) is 14.2. The van der Waals surface area contributed by atoms with Crippen molar-refractivity contribution in [3.05, 3.63) is 47.8 Å². The maximum Gasteiger partial charge on any atom is 0.416 e. The molecule has 0 N–H and O–H groups in total. The molecule has 0 radical (unpaired) electrons. The van der Waals surface area contributed by atoms with Gasteiger partial charge in [-0.2, -0.15) is 26.3 Å². The molecule has 2 rings (SSSR count). The number of hydrogen-bond acceptors (Lipinski definition) is 2. The average Bonchev–Trinajstić information content (AvgIpc) is 2.79. The average molecular weight is 296 g/mol. The fourth-order valence-corrected chi connectivity index (χ4v) is 1.40. The molecule has 2 aromatic rings. The summed E-state index contributed by atoms with van der Waals surface area (Å²) in [5.74, 6) is -0.615. The molecular weight excluding hydrogens is 290 g/mol. The van der Waals surface area contributed by atoms with Crippen molar-refractivity contribution >= 4 is 0 Å². The van der Waals surface area contributed by atoms with Gasteiger partial charge in [0.1, 0.15) is 0 Å². The van der Waals surface area contributed by atoms with E-state index in [4.69, 9.17) is 4.84 Å². The van der Waals surface area contributed by atoms with E-state index >= 15 is 0 Å². The maximum atomic E-state index is 12.6. The van der Waals surface area contributed by atoms with Crippen molar-refractivity contribution in [1.82, 2.24) is 9.94 Å². The van der Waals surface area contributed by atoms with Crippen LogP contribution < -0.4 is 4.84 Å². The molecule has 3 nitrogen and oxygen atoms in total. The Morgan fingerprint density at radius 1 is 0.900 bits per heavy atom. The van der Waals surface area contributed by atoms with Gasteiger partial charge >= 0.3 is 12.4 Å². The Kier molecular flexibility index (Phi) is 3.36. The Morgan fingerprint density at radius 3 is 1.85 bits per heavy atom. The van der Waals surface area contributed by atoms with E-state index < -0.39 is 29.2 Å². The summed E-state index contributed by atoms with van der Waals surface area (Å²) < 4.78 is 75.4. The lowest BCUT2D eigenvalue weighted by atomic mass is 10.1. The molecule has 0 bridgehead atoms. The van der Waals surface area contributed by atoms with Crippen molar-refractivity contribution in [2.45, 2.75) is 12.4 Å². The predicted octanol–water partition coefficient (Wildman–Crippen LogP) is 3.76. The van der Waals surface area contributed by atoms with E-state index in [0.717, 1.165) is 4.85 Å². The van der Waals surface area contributed by atoms with Crippen LogP contribution in [0.15, 0.2) is 36.7 Å². The summed E-state index contributed by atoms with van der Waals surface area (Å²) in [7, 11) is 0. The molecule has 0 atom stereocenters. The van der Waals surface area contributed by atoms with Crippen LogP contribution in [0, 0.1) is 0 Å². The number of alkyl halides is 6. The van der Waals surface area contributed by atoms with Gasteiger partial charge in [-0.25, -0.2) is 0 Å². The highest BCUT2D eigenvalue weighted by molar-refractivity contribution is 5.37. The third kappa shape index (κ3) is 3.22. The highest BCUT2D eigenvalue weighted by Crippen LogP contribution is 2.38. The van der Waals surface area contributed by atoms with E-state index in [2.05, 4.69) is 5.10 Å². The van der Waals surface area contributed by atoms with Crippen LogP contribution >= 0.6 is 0 Å². The van der Waals surface area contributed by atoms with E-state index in [-0.39, 0.29) is 6.07 Å². The van der Waals surface area contributed by atoms with Crippen molar-refractivity contribution in [1.29, 1.82) is 0 Å². The molecule has 0 unspecified atom stereocenters. The number of nitrogens with zero attached hydrogens (tertiary/aromatic N) is 2. The van der Waals surface area contributed by atoms with Gasteiger partial charge < -0.3 is 4.84 Å². The molecule has 1 aromatic heterocycles. The summed E-state index contributed by atoms with van der Waals surface area (Å²) in [6, 6.07) is 2.36. The quantitative estimate of drug-likeness (QED) is 0.789. The van der Waals surface area contributed by atoms with Gasteiger partial charge in [-0.1, -0.05) is 0 Å². The van der Waals surface area contributed by atoms with Crippen molar-refractivity contribution in [3.8, 4) is 5.75 Å². The van der Waals surface area contributed by atoms with Gasteiger partial charge in [0, 0.05) is 0 Å². The Bertz CT molecular complexity index is 556. The number of benzene rings is 1. The molecule has 0 fully saturated rings. The second-order valence-corrected chi connectivity index (χ2v) is 3.74. The van der Waals surface area contributed by atoms with Gasteiger partial charge in [0.2, 0.25) is 0 Å². The van der Waals surface area contributed by atoms with Gasteiger partial charge in [-0.05, 0) is 24.3 Å². The van der Waals surface area contributed by atoms with Gasteiger partial charge in [0.25, 0.3) is 0 Å². The molecule has 0 aliphatic carbocycles. The van der Waals surface area contributed by atoms with E-state index in [9.17, 15) is 26.3 Å². The molecule has 108 valence electrons. The van der Waals surface area contributed by atoms with E-state index in [0.29, 0.717) is 12.1 Å². The minimum Gasteiger partial charge on any atom is -0.358 e. The van der Waals surface area contributed by atoms with Crippen LogP contribution in [0.25, 0.3) is 0 Å². The van der Waals surface area contributed by atoms with Crippen molar-refractivity contribution < 1.29 is 31.2 Å². The van der Waals surface area contributed by atoms with Crippen LogP contribution in [-0.4, -0.2) is 9.94 Å². The summed E-state index contributed by atoms with van der Waals surface area (Å²) in [4.78, 5) is 5.54. The minimum atomic E-state index is -4.91. The SMILES string of the molecule is FC(F)(F)c1cc(On2cccn2)cc(C(F)(F)F)c1. The second-order valence-electron chi connectivity index (χ2n) is 3.74. The summed E-state index contributed by atoms with van der Waals surface area (Å²) in [6.07, 6.45) is -7.33. The number of hydrogen-bond donors (Lipinski definition) is 0. The zero-order chi connectivity index (χ0) is 15.0. The van der Waals surface area contributed by atoms with Crippen LogP contribution in [-0.2, 0) is 12.4 Å². The molecule has 0 aliphatic rings. The summed E-state index contributed by atoms with van der Waals surface area (Å²) in [6.45, 7) is 0. The lowest BCUT2D eigenvalue weighted by Gasteiger charge is -2.14. The van der Waals surface area contributed by atoms with Gasteiger partial charge in [-0.3, -0.25) is 0 Å².